The van der Waals surface area contributed by atoms with Crippen LogP contribution in [0.2, 0.25) is 0 Å². The van der Waals surface area contributed by atoms with E-state index < -0.39 is 54.4 Å². The molecule has 2 N–H and O–H groups in total. The molecule has 2 heterocycles. The molecule has 1 saturated heterocycles. The molecule has 0 bridgehead atoms. The summed E-state index contributed by atoms with van der Waals surface area (Å²) in [7, 11) is 0. The number of nitrogens with zero attached hydrogens (tertiary/aromatic N) is 3. The smallest absolute Gasteiger partial charge is 0.394 e. The monoisotopic (exact) mass is 369 g/mol. The van der Waals surface area contributed by atoms with Gasteiger partial charge in [0.25, 0.3) is 5.91 Å². The summed E-state index contributed by atoms with van der Waals surface area (Å²) in [6.07, 6.45) is -3.59. The minimum atomic E-state index is -4.75. The molecule has 2 aromatic rings. The van der Waals surface area contributed by atoms with Crippen molar-refractivity contribution < 1.29 is 33.0 Å². The molecule has 0 aliphatic carbocycles. The van der Waals surface area contributed by atoms with Gasteiger partial charge in [-0.15, -0.1) is 0 Å². The van der Waals surface area contributed by atoms with Crippen LogP contribution in [0.15, 0.2) is 36.5 Å². The number of likely N-dealkylation sites (tertiary alicyclic amines) is 1. The van der Waals surface area contributed by atoms with Gasteiger partial charge in [-0.3, -0.25) is 9.59 Å². The second-order valence-corrected chi connectivity index (χ2v) is 5.95. The van der Waals surface area contributed by atoms with E-state index in [2.05, 4.69) is 5.10 Å². The average Bonchev–Trinajstić information content (AvgIpc) is 3.19. The molecule has 138 valence electrons. The molecule has 1 aliphatic rings. The quantitative estimate of drug-likeness (QED) is 0.862. The summed E-state index contributed by atoms with van der Waals surface area (Å²) < 4.78 is 40.4. The van der Waals surface area contributed by atoms with Gasteiger partial charge >= 0.3 is 12.1 Å². The SMILES string of the molecule is O=C(O)[C@@H]1CN(C(=O)c2nn(-c3ccccc3)cc2O)C[C@H]1C(F)(F)F. The van der Waals surface area contributed by atoms with Crippen LogP contribution in [-0.2, 0) is 4.79 Å². The van der Waals surface area contributed by atoms with Gasteiger partial charge in [0.2, 0.25) is 0 Å². The Labute approximate surface area is 145 Å². The third-order valence-electron chi connectivity index (χ3n) is 4.26. The molecule has 3 rings (SSSR count). The Morgan fingerprint density at radius 2 is 1.81 bits per heavy atom. The number of hydrogen-bond donors (Lipinski definition) is 2. The van der Waals surface area contributed by atoms with Crippen LogP contribution in [0.4, 0.5) is 13.2 Å². The Kier molecular flexibility index (Phi) is 4.34. The maximum atomic E-state index is 13.0. The number of carboxylic acids is 1. The van der Waals surface area contributed by atoms with Gasteiger partial charge in [-0.1, -0.05) is 18.2 Å². The summed E-state index contributed by atoms with van der Waals surface area (Å²) in [6, 6.07) is 8.50. The zero-order chi connectivity index (χ0) is 19.1. The van der Waals surface area contributed by atoms with E-state index in [4.69, 9.17) is 5.11 Å². The van der Waals surface area contributed by atoms with Crippen molar-refractivity contribution in [2.24, 2.45) is 11.8 Å². The molecule has 0 spiro atoms. The van der Waals surface area contributed by atoms with Gasteiger partial charge in [0.05, 0.1) is 23.7 Å². The zero-order valence-corrected chi connectivity index (χ0v) is 13.2. The lowest BCUT2D eigenvalue weighted by atomic mass is 9.96. The van der Waals surface area contributed by atoms with Gasteiger partial charge in [-0.25, -0.2) is 4.68 Å². The number of aromatic hydroxyl groups is 1. The number of carboxylic acid groups (broad SMARTS) is 1. The topological polar surface area (TPSA) is 95.7 Å². The molecule has 1 fully saturated rings. The molecule has 1 aromatic carbocycles. The van der Waals surface area contributed by atoms with Crippen LogP contribution in [0.25, 0.3) is 5.69 Å². The average molecular weight is 369 g/mol. The lowest BCUT2D eigenvalue weighted by Gasteiger charge is -2.18. The predicted molar refractivity (Wildman–Crippen MR) is 81.8 cm³/mol. The molecule has 1 aromatic heterocycles. The van der Waals surface area contributed by atoms with Crippen LogP contribution in [0.3, 0.4) is 0 Å². The Morgan fingerprint density at radius 1 is 1.15 bits per heavy atom. The van der Waals surface area contributed by atoms with Crippen molar-refractivity contribution in [3.8, 4) is 11.4 Å². The van der Waals surface area contributed by atoms with Crippen molar-refractivity contribution in [2.75, 3.05) is 13.1 Å². The van der Waals surface area contributed by atoms with Crippen LogP contribution in [0.1, 0.15) is 10.5 Å². The van der Waals surface area contributed by atoms with Crippen molar-refractivity contribution in [2.45, 2.75) is 6.18 Å². The maximum absolute atomic E-state index is 13.0. The van der Waals surface area contributed by atoms with Gasteiger partial charge in [-0.2, -0.15) is 18.3 Å². The molecule has 10 heteroatoms. The number of halogens is 3. The van der Waals surface area contributed by atoms with E-state index in [1.165, 1.54) is 4.68 Å². The minimum absolute atomic E-state index is 0.430. The lowest BCUT2D eigenvalue weighted by Crippen LogP contribution is -2.34. The normalized spacial score (nSPS) is 20.3. The molecule has 0 radical (unpaired) electrons. The summed E-state index contributed by atoms with van der Waals surface area (Å²) >= 11 is 0. The molecule has 1 aliphatic heterocycles. The van der Waals surface area contributed by atoms with Crippen LogP contribution in [0.5, 0.6) is 5.75 Å². The first-order valence-corrected chi connectivity index (χ1v) is 7.61. The Morgan fingerprint density at radius 3 is 2.35 bits per heavy atom. The Balaban J connectivity index is 1.86. The third kappa shape index (κ3) is 3.22. The molecule has 0 saturated carbocycles. The van der Waals surface area contributed by atoms with E-state index >= 15 is 0 Å². The fraction of sp³-hybridized carbons (Fsp3) is 0.312. The van der Waals surface area contributed by atoms with Gasteiger partial charge in [-0.05, 0) is 12.1 Å². The van der Waals surface area contributed by atoms with Crippen molar-refractivity contribution in [3.63, 3.8) is 0 Å². The van der Waals surface area contributed by atoms with E-state index in [0.29, 0.717) is 5.69 Å². The van der Waals surface area contributed by atoms with Crippen molar-refractivity contribution in [1.82, 2.24) is 14.7 Å². The maximum Gasteiger partial charge on any atom is 0.394 e. The number of para-hydroxylation sites is 1. The van der Waals surface area contributed by atoms with Gasteiger partial charge in [0.15, 0.2) is 11.4 Å². The molecule has 7 nitrogen and oxygen atoms in total. The summed E-state index contributed by atoms with van der Waals surface area (Å²) in [6.45, 7) is -1.40. The molecule has 26 heavy (non-hydrogen) atoms. The summed E-state index contributed by atoms with van der Waals surface area (Å²) in [5.74, 6) is -6.99. The lowest BCUT2D eigenvalue weighted by molar-refractivity contribution is -0.187. The number of alkyl halides is 3. The number of rotatable bonds is 3. The van der Waals surface area contributed by atoms with Crippen molar-refractivity contribution in [1.29, 1.82) is 0 Å². The van der Waals surface area contributed by atoms with Gasteiger partial charge < -0.3 is 15.1 Å². The highest BCUT2D eigenvalue weighted by molar-refractivity contribution is 5.95. The molecule has 1 amide bonds. The van der Waals surface area contributed by atoms with E-state index in [0.717, 1.165) is 11.1 Å². The molecular formula is C16H14F3N3O4. The van der Waals surface area contributed by atoms with Crippen molar-refractivity contribution >= 4 is 11.9 Å². The zero-order valence-electron chi connectivity index (χ0n) is 13.2. The second kappa shape index (κ2) is 6.36. The van der Waals surface area contributed by atoms with Crippen LogP contribution >= 0.6 is 0 Å². The van der Waals surface area contributed by atoms with Crippen LogP contribution < -0.4 is 0 Å². The first kappa shape index (κ1) is 17.8. The summed E-state index contributed by atoms with van der Waals surface area (Å²) in [4.78, 5) is 24.4. The number of aliphatic carboxylic acids is 1. The molecular weight excluding hydrogens is 355 g/mol. The number of hydrogen-bond acceptors (Lipinski definition) is 4. The van der Waals surface area contributed by atoms with Crippen LogP contribution in [0, 0.1) is 11.8 Å². The molecule has 2 atom stereocenters. The van der Waals surface area contributed by atoms with Gasteiger partial charge in [0, 0.05) is 13.1 Å². The van der Waals surface area contributed by atoms with E-state index in [-0.39, 0.29) is 0 Å². The number of carbonyl (C=O) groups excluding carboxylic acids is 1. The first-order chi connectivity index (χ1) is 12.2. The van der Waals surface area contributed by atoms with E-state index in [1.54, 1.807) is 30.3 Å². The highest BCUT2D eigenvalue weighted by Crippen LogP contribution is 2.38. The fourth-order valence-electron chi connectivity index (χ4n) is 2.93. The van der Waals surface area contributed by atoms with Crippen molar-refractivity contribution in [3.05, 3.63) is 42.2 Å². The fourth-order valence-corrected chi connectivity index (χ4v) is 2.93. The summed E-state index contributed by atoms with van der Waals surface area (Å²) in [5.41, 5.74) is 0.112. The van der Waals surface area contributed by atoms with E-state index in [9.17, 15) is 27.9 Å². The number of benzene rings is 1. The minimum Gasteiger partial charge on any atom is -0.504 e. The Hall–Kier alpha value is -3.04. The Bertz CT molecular complexity index is 835. The molecule has 0 unspecified atom stereocenters. The number of aromatic nitrogens is 2. The number of carbonyl (C=O) groups is 2. The summed E-state index contributed by atoms with van der Waals surface area (Å²) in [5, 5.41) is 22.9. The van der Waals surface area contributed by atoms with Gasteiger partial charge in [0.1, 0.15) is 0 Å². The number of amides is 1. The standard InChI is InChI=1S/C16H14F3N3O4/c17-16(18,19)11-7-21(6-10(11)15(25)26)14(24)13-12(23)8-22(20-13)9-4-2-1-3-5-9/h1-5,8,10-11,23H,6-7H2,(H,25,26)/t10-,11-/m1/s1. The largest absolute Gasteiger partial charge is 0.504 e. The van der Waals surface area contributed by atoms with Crippen LogP contribution in [-0.4, -0.2) is 56.0 Å². The predicted octanol–water partition coefficient (Wildman–Crippen LogP) is 1.91. The highest BCUT2D eigenvalue weighted by atomic mass is 19.4. The second-order valence-electron chi connectivity index (χ2n) is 5.95. The third-order valence-corrected chi connectivity index (χ3v) is 4.26. The first-order valence-electron chi connectivity index (χ1n) is 7.61. The highest BCUT2D eigenvalue weighted by Gasteiger charge is 2.53. The van der Waals surface area contributed by atoms with E-state index in [1.807, 2.05) is 0 Å².